The van der Waals surface area contributed by atoms with E-state index in [1.54, 1.807) is 25.4 Å². The van der Waals surface area contributed by atoms with Crippen molar-refractivity contribution >= 4 is 6.21 Å². The van der Waals surface area contributed by atoms with E-state index in [1.807, 2.05) is 0 Å². The van der Waals surface area contributed by atoms with Gasteiger partial charge < -0.3 is 9.94 Å². The highest BCUT2D eigenvalue weighted by Crippen LogP contribution is 2.06. The molecule has 1 heterocycles. The number of methoxy groups -OCH3 is 1. The van der Waals surface area contributed by atoms with E-state index in [4.69, 9.17) is 9.94 Å². The predicted molar refractivity (Wildman–Crippen MR) is 40.2 cm³/mol. The Bertz CT molecular complexity index is 243. The lowest BCUT2D eigenvalue weighted by atomic mass is 10.4. The second-order valence-electron chi connectivity index (χ2n) is 1.87. The molecule has 11 heavy (non-hydrogen) atoms. The second kappa shape index (κ2) is 3.55. The van der Waals surface area contributed by atoms with Gasteiger partial charge in [-0.3, -0.25) is 4.98 Å². The number of oxime groups is 1. The largest absolute Gasteiger partial charge is 0.495 e. The molecule has 0 aromatic carbocycles. The molecule has 0 aliphatic heterocycles. The van der Waals surface area contributed by atoms with Crippen molar-refractivity contribution in [2.75, 3.05) is 7.11 Å². The molecular weight excluding hydrogens is 144 g/mol. The van der Waals surface area contributed by atoms with Crippen molar-refractivity contribution in [3.8, 4) is 5.75 Å². The summed E-state index contributed by atoms with van der Waals surface area (Å²) < 4.78 is 4.88. The van der Waals surface area contributed by atoms with E-state index in [0.717, 1.165) is 0 Å². The smallest absolute Gasteiger partial charge is 0.137 e. The number of rotatable bonds is 2. The first kappa shape index (κ1) is 7.53. The standard InChI is InChI=1S/C7H8N2O2/c1-11-7-3-2-6(4-9-10)8-5-7/h2-5,10H,1H3. The quantitative estimate of drug-likeness (QED) is 0.389. The monoisotopic (exact) mass is 152 g/mol. The van der Waals surface area contributed by atoms with Gasteiger partial charge in [0.15, 0.2) is 0 Å². The van der Waals surface area contributed by atoms with E-state index >= 15 is 0 Å². The molecule has 0 amide bonds. The minimum Gasteiger partial charge on any atom is -0.495 e. The molecule has 0 radical (unpaired) electrons. The van der Waals surface area contributed by atoms with Gasteiger partial charge in [-0.2, -0.15) is 0 Å². The van der Waals surface area contributed by atoms with Crippen molar-refractivity contribution in [1.82, 2.24) is 4.98 Å². The Balaban J connectivity index is 2.82. The Hall–Kier alpha value is -1.58. The lowest BCUT2D eigenvalue weighted by molar-refractivity contribution is 0.321. The average Bonchev–Trinajstić information content (AvgIpc) is 2.07. The van der Waals surface area contributed by atoms with E-state index in [9.17, 15) is 0 Å². The van der Waals surface area contributed by atoms with Crippen LogP contribution in [-0.4, -0.2) is 23.5 Å². The molecule has 0 bridgehead atoms. The van der Waals surface area contributed by atoms with Crippen molar-refractivity contribution in [3.05, 3.63) is 24.0 Å². The van der Waals surface area contributed by atoms with Crippen LogP contribution in [0.1, 0.15) is 5.69 Å². The lowest BCUT2D eigenvalue weighted by Gasteiger charge is -1.96. The van der Waals surface area contributed by atoms with Gasteiger partial charge in [0.25, 0.3) is 0 Å². The van der Waals surface area contributed by atoms with E-state index in [0.29, 0.717) is 11.4 Å². The van der Waals surface area contributed by atoms with Crippen molar-refractivity contribution in [1.29, 1.82) is 0 Å². The molecule has 1 aromatic rings. The van der Waals surface area contributed by atoms with Gasteiger partial charge in [-0.1, -0.05) is 5.16 Å². The summed E-state index contributed by atoms with van der Waals surface area (Å²) in [7, 11) is 1.57. The Kier molecular flexibility index (Phi) is 2.43. The van der Waals surface area contributed by atoms with Crippen LogP contribution in [0.15, 0.2) is 23.5 Å². The van der Waals surface area contributed by atoms with Crippen LogP contribution in [-0.2, 0) is 0 Å². The van der Waals surface area contributed by atoms with Crippen LogP contribution in [0.5, 0.6) is 5.75 Å². The number of pyridine rings is 1. The van der Waals surface area contributed by atoms with Gasteiger partial charge in [-0.25, -0.2) is 0 Å². The maximum atomic E-state index is 8.14. The molecule has 0 aliphatic carbocycles. The van der Waals surface area contributed by atoms with Crippen LogP contribution in [0.4, 0.5) is 0 Å². The molecule has 1 N–H and O–H groups in total. The Labute approximate surface area is 64.1 Å². The third-order valence-electron chi connectivity index (χ3n) is 1.18. The number of nitrogens with zero attached hydrogens (tertiary/aromatic N) is 2. The summed E-state index contributed by atoms with van der Waals surface area (Å²) in [6.07, 6.45) is 2.80. The summed E-state index contributed by atoms with van der Waals surface area (Å²) in [5, 5.41) is 11.0. The minimum atomic E-state index is 0.591. The van der Waals surface area contributed by atoms with E-state index in [2.05, 4.69) is 10.1 Å². The summed E-state index contributed by atoms with van der Waals surface area (Å²) in [6, 6.07) is 3.43. The maximum absolute atomic E-state index is 8.14. The van der Waals surface area contributed by atoms with Crippen LogP contribution in [0.25, 0.3) is 0 Å². The molecule has 4 nitrogen and oxygen atoms in total. The molecule has 0 spiro atoms. The average molecular weight is 152 g/mol. The van der Waals surface area contributed by atoms with Gasteiger partial charge in [-0.15, -0.1) is 0 Å². The predicted octanol–water partition coefficient (Wildman–Crippen LogP) is 0.898. The summed E-state index contributed by atoms with van der Waals surface area (Å²) in [5.41, 5.74) is 0.591. The molecule has 0 saturated carbocycles. The van der Waals surface area contributed by atoms with Gasteiger partial charge in [0.1, 0.15) is 5.75 Å². The number of hydrogen-bond acceptors (Lipinski definition) is 4. The first-order valence-electron chi connectivity index (χ1n) is 3.04. The van der Waals surface area contributed by atoms with Gasteiger partial charge in [0.05, 0.1) is 25.2 Å². The van der Waals surface area contributed by atoms with Gasteiger partial charge in [0, 0.05) is 0 Å². The summed E-state index contributed by atoms with van der Waals surface area (Å²) in [5.74, 6) is 0.681. The zero-order chi connectivity index (χ0) is 8.10. The maximum Gasteiger partial charge on any atom is 0.137 e. The zero-order valence-electron chi connectivity index (χ0n) is 6.06. The minimum absolute atomic E-state index is 0.591. The van der Waals surface area contributed by atoms with Gasteiger partial charge in [-0.05, 0) is 12.1 Å². The Morgan fingerprint density at radius 2 is 2.45 bits per heavy atom. The van der Waals surface area contributed by atoms with E-state index < -0.39 is 0 Å². The fourth-order valence-electron chi connectivity index (χ4n) is 0.648. The highest BCUT2D eigenvalue weighted by Gasteiger charge is 1.90. The number of aromatic nitrogens is 1. The van der Waals surface area contributed by atoms with Crippen LogP contribution in [0, 0.1) is 0 Å². The molecule has 0 unspecified atom stereocenters. The molecule has 0 fully saturated rings. The number of hydrogen-bond donors (Lipinski definition) is 1. The topological polar surface area (TPSA) is 54.7 Å². The Morgan fingerprint density at radius 3 is 2.91 bits per heavy atom. The van der Waals surface area contributed by atoms with Crippen LogP contribution in [0.3, 0.4) is 0 Å². The second-order valence-corrected chi connectivity index (χ2v) is 1.87. The van der Waals surface area contributed by atoms with E-state index in [1.165, 1.54) is 6.21 Å². The fraction of sp³-hybridized carbons (Fsp3) is 0.143. The normalized spacial score (nSPS) is 10.3. The molecule has 0 aliphatic rings. The van der Waals surface area contributed by atoms with Crippen LogP contribution in [0.2, 0.25) is 0 Å². The van der Waals surface area contributed by atoms with Crippen LogP contribution >= 0.6 is 0 Å². The summed E-state index contributed by atoms with van der Waals surface area (Å²) in [6.45, 7) is 0. The van der Waals surface area contributed by atoms with Crippen molar-refractivity contribution in [3.63, 3.8) is 0 Å². The molecule has 0 atom stereocenters. The molecular formula is C7H8N2O2. The van der Waals surface area contributed by atoms with Gasteiger partial charge in [0.2, 0.25) is 0 Å². The first-order chi connectivity index (χ1) is 5.36. The van der Waals surface area contributed by atoms with Crippen molar-refractivity contribution in [2.24, 2.45) is 5.16 Å². The molecule has 58 valence electrons. The first-order valence-corrected chi connectivity index (χ1v) is 3.04. The van der Waals surface area contributed by atoms with Crippen molar-refractivity contribution in [2.45, 2.75) is 0 Å². The molecule has 1 aromatic heterocycles. The highest BCUT2D eigenvalue weighted by atomic mass is 16.5. The third-order valence-corrected chi connectivity index (χ3v) is 1.18. The highest BCUT2D eigenvalue weighted by molar-refractivity contribution is 5.76. The SMILES string of the molecule is COc1ccc(C=NO)nc1. The third kappa shape index (κ3) is 1.93. The Morgan fingerprint density at radius 1 is 1.64 bits per heavy atom. The van der Waals surface area contributed by atoms with Gasteiger partial charge >= 0.3 is 0 Å². The fourth-order valence-corrected chi connectivity index (χ4v) is 0.648. The molecule has 0 saturated heterocycles. The van der Waals surface area contributed by atoms with Crippen LogP contribution < -0.4 is 4.74 Å². The van der Waals surface area contributed by atoms with E-state index in [-0.39, 0.29) is 0 Å². The zero-order valence-corrected chi connectivity index (χ0v) is 6.06. The molecule has 4 heteroatoms. The molecule has 1 rings (SSSR count). The summed E-state index contributed by atoms with van der Waals surface area (Å²) in [4.78, 5) is 3.90. The van der Waals surface area contributed by atoms with Crippen molar-refractivity contribution < 1.29 is 9.94 Å². The number of ether oxygens (including phenoxy) is 1. The summed E-state index contributed by atoms with van der Waals surface area (Å²) >= 11 is 0. The lowest BCUT2D eigenvalue weighted by Crippen LogP contribution is -1.88.